The number of amides is 3. The van der Waals surface area contributed by atoms with Crippen LogP contribution in [0.25, 0.3) is 10.2 Å². The molecule has 8 nitrogen and oxygen atoms in total. The Morgan fingerprint density at radius 2 is 1.77 bits per heavy atom. The van der Waals surface area contributed by atoms with Crippen molar-refractivity contribution in [1.82, 2.24) is 25.8 Å². The van der Waals surface area contributed by atoms with Crippen LogP contribution in [0.3, 0.4) is 0 Å². The molecular weight excluding hydrogens is 522 g/mol. The number of aromatic nitrogens is 1. The van der Waals surface area contributed by atoms with Crippen LogP contribution in [0.2, 0.25) is 0 Å². The van der Waals surface area contributed by atoms with Gasteiger partial charge in [-0.25, -0.2) is 4.98 Å². The first-order valence-corrected chi connectivity index (χ1v) is 15.8. The first-order valence-electron chi connectivity index (χ1n) is 15.0. The summed E-state index contributed by atoms with van der Waals surface area (Å²) >= 11 is 1.58. The Morgan fingerprint density at radius 1 is 1.05 bits per heavy atom. The lowest BCUT2D eigenvalue weighted by molar-refractivity contribution is -0.129. The largest absolute Gasteiger partial charge is 0.354 e. The van der Waals surface area contributed by atoms with Crippen LogP contribution >= 0.6 is 11.3 Å². The molecule has 3 N–H and O–H groups in total. The second-order valence-electron chi connectivity index (χ2n) is 12.0. The Bertz CT molecular complexity index is 1130. The topological polar surface area (TPSA) is 103 Å². The van der Waals surface area contributed by atoms with Gasteiger partial charge in [-0.15, -0.1) is 11.3 Å². The van der Waals surface area contributed by atoms with Gasteiger partial charge in [-0.1, -0.05) is 65.9 Å². The highest BCUT2D eigenvalue weighted by molar-refractivity contribution is 7.18. The van der Waals surface area contributed by atoms with Crippen LogP contribution in [0.5, 0.6) is 0 Å². The molecule has 0 bridgehead atoms. The summed E-state index contributed by atoms with van der Waals surface area (Å²) in [5, 5.41) is 10.0. The summed E-state index contributed by atoms with van der Waals surface area (Å²) in [6.45, 7) is 9.08. The Balaban J connectivity index is 1.74. The Kier molecular flexibility index (Phi) is 12.4. The molecule has 3 amide bonds. The van der Waals surface area contributed by atoms with Gasteiger partial charge in [0, 0.05) is 37.9 Å². The molecule has 1 aliphatic carbocycles. The van der Waals surface area contributed by atoms with E-state index < -0.39 is 6.04 Å². The van der Waals surface area contributed by atoms with Gasteiger partial charge in [0.05, 0.1) is 15.2 Å². The van der Waals surface area contributed by atoms with Crippen molar-refractivity contribution in [3.05, 3.63) is 28.8 Å². The standard InChI is InChI=1S/C31H49N5O3S/c1-7-28(37)34-26(17-29-35-25-14-13-23(20(2)3)16-27(25)40-29)31(39)33-24(15-22-11-9-8-10-12-22)18-32-30(38)21(4)19-36(5)6/h13-14,16,20-22,24,26H,7-12,15,17-19H2,1-6H3,(H,32,38)(H,33,39)(H,34,37)/t21?,24?,26-/m0/s1. The van der Waals surface area contributed by atoms with Crippen LogP contribution in [0, 0.1) is 11.8 Å². The van der Waals surface area contributed by atoms with E-state index in [-0.39, 0.29) is 29.7 Å². The van der Waals surface area contributed by atoms with Crippen molar-refractivity contribution in [2.24, 2.45) is 11.8 Å². The average Bonchev–Trinajstić information content (AvgIpc) is 3.32. The van der Waals surface area contributed by atoms with E-state index >= 15 is 0 Å². The number of fused-ring (bicyclic) bond motifs is 1. The summed E-state index contributed by atoms with van der Waals surface area (Å²) in [5.41, 5.74) is 2.17. The molecule has 1 aromatic heterocycles. The van der Waals surface area contributed by atoms with E-state index in [0.717, 1.165) is 34.5 Å². The molecule has 3 rings (SSSR count). The fourth-order valence-electron chi connectivity index (χ4n) is 5.46. The Morgan fingerprint density at radius 3 is 2.42 bits per heavy atom. The highest BCUT2D eigenvalue weighted by atomic mass is 32.1. The smallest absolute Gasteiger partial charge is 0.243 e. The predicted molar refractivity (Wildman–Crippen MR) is 163 cm³/mol. The summed E-state index contributed by atoms with van der Waals surface area (Å²) in [6.07, 6.45) is 7.43. The normalized spacial score (nSPS) is 16.6. The van der Waals surface area contributed by atoms with Gasteiger partial charge in [0.15, 0.2) is 0 Å². The minimum absolute atomic E-state index is 0.0114. The lowest BCUT2D eigenvalue weighted by Gasteiger charge is -2.29. The summed E-state index contributed by atoms with van der Waals surface area (Å²) in [6, 6.07) is 5.38. The highest BCUT2D eigenvalue weighted by Gasteiger charge is 2.27. The van der Waals surface area contributed by atoms with Gasteiger partial charge < -0.3 is 20.9 Å². The third-order valence-corrected chi connectivity index (χ3v) is 8.81. The third-order valence-electron chi connectivity index (χ3n) is 7.77. The van der Waals surface area contributed by atoms with Crippen molar-refractivity contribution >= 4 is 39.3 Å². The van der Waals surface area contributed by atoms with Gasteiger partial charge in [-0.3, -0.25) is 14.4 Å². The fourth-order valence-corrected chi connectivity index (χ4v) is 6.53. The minimum Gasteiger partial charge on any atom is -0.354 e. The minimum atomic E-state index is -0.727. The van der Waals surface area contributed by atoms with Crippen molar-refractivity contribution in [3.63, 3.8) is 0 Å². The number of hydrogen-bond donors (Lipinski definition) is 3. The SMILES string of the molecule is CCC(=O)N[C@@H](Cc1nc2ccc(C(C)C)cc2s1)C(=O)NC(CNC(=O)C(C)CN(C)C)CC1CCCCC1. The number of nitrogens with zero attached hydrogens (tertiary/aromatic N) is 2. The molecule has 40 heavy (non-hydrogen) atoms. The fraction of sp³-hybridized carbons (Fsp3) is 0.677. The van der Waals surface area contributed by atoms with E-state index in [0.29, 0.717) is 37.8 Å². The van der Waals surface area contributed by atoms with Gasteiger partial charge in [0.2, 0.25) is 17.7 Å². The van der Waals surface area contributed by atoms with Crippen LogP contribution in [-0.4, -0.2) is 66.9 Å². The lowest BCUT2D eigenvalue weighted by atomic mass is 9.84. The van der Waals surface area contributed by atoms with Crippen LogP contribution in [0.1, 0.15) is 89.1 Å². The molecule has 0 radical (unpaired) electrons. The molecule has 1 saturated carbocycles. The van der Waals surface area contributed by atoms with E-state index in [4.69, 9.17) is 4.98 Å². The molecule has 1 aromatic carbocycles. The van der Waals surface area contributed by atoms with Crippen LogP contribution in [0.4, 0.5) is 0 Å². The number of carbonyl (C=O) groups excluding carboxylic acids is 3. The van der Waals surface area contributed by atoms with Crippen molar-refractivity contribution in [2.75, 3.05) is 27.2 Å². The molecule has 1 fully saturated rings. The molecule has 2 aromatic rings. The molecule has 0 spiro atoms. The van der Waals surface area contributed by atoms with E-state index in [2.05, 4.69) is 41.9 Å². The highest BCUT2D eigenvalue weighted by Crippen LogP contribution is 2.28. The molecule has 0 aliphatic heterocycles. The summed E-state index contributed by atoms with van der Waals surface area (Å²) in [4.78, 5) is 45.6. The van der Waals surface area contributed by atoms with E-state index in [9.17, 15) is 14.4 Å². The first kappa shape index (κ1) is 32.0. The van der Waals surface area contributed by atoms with Crippen molar-refractivity contribution in [3.8, 4) is 0 Å². The van der Waals surface area contributed by atoms with Crippen LogP contribution in [-0.2, 0) is 20.8 Å². The molecule has 9 heteroatoms. The zero-order chi connectivity index (χ0) is 29.2. The second kappa shape index (κ2) is 15.5. The van der Waals surface area contributed by atoms with Crippen LogP contribution < -0.4 is 16.0 Å². The number of thiazole rings is 1. The summed E-state index contributed by atoms with van der Waals surface area (Å²) < 4.78 is 1.09. The zero-order valence-corrected chi connectivity index (χ0v) is 26.0. The number of carbonyl (C=O) groups is 3. The van der Waals surface area contributed by atoms with Gasteiger partial charge in [-0.2, -0.15) is 0 Å². The van der Waals surface area contributed by atoms with E-state index in [1.165, 1.54) is 24.8 Å². The van der Waals surface area contributed by atoms with E-state index in [1.54, 1.807) is 18.3 Å². The van der Waals surface area contributed by atoms with E-state index in [1.807, 2.05) is 32.0 Å². The molecule has 222 valence electrons. The number of benzene rings is 1. The quantitative estimate of drug-likeness (QED) is 0.307. The number of rotatable bonds is 14. The molecule has 3 atom stereocenters. The van der Waals surface area contributed by atoms with Gasteiger partial charge >= 0.3 is 0 Å². The maximum absolute atomic E-state index is 13.7. The van der Waals surface area contributed by atoms with Crippen LogP contribution in [0.15, 0.2) is 18.2 Å². The monoisotopic (exact) mass is 571 g/mol. The maximum atomic E-state index is 13.7. The molecule has 0 saturated heterocycles. The third kappa shape index (κ3) is 9.84. The summed E-state index contributed by atoms with van der Waals surface area (Å²) in [7, 11) is 3.91. The summed E-state index contributed by atoms with van der Waals surface area (Å²) in [5.74, 6) is 0.400. The average molecular weight is 572 g/mol. The van der Waals surface area contributed by atoms with Crippen molar-refractivity contribution in [2.45, 2.75) is 97.1 Å². The molecular formula is C31H49N5O3S. The second-order valence-corrected chi connectivity index (χ2v) is 13.1. The molecule has 1 aliphatic rings. The first-order chi connectivity index (χ1) is 19.0. The molecule has 1 heterocycles. The lowest BCUT2D eigenvalue weighted by Crippen LogP contribution is -2.53. The van der Waals surface area contributed by atoms with Gasteiger partial charge in [-0.05, 0) is 50.0 Å². The molecule has 2 unspecified atom stereocenters. The number of hydrogen-bond acceptors (Lipinski definition) is 6. The Labute approximate surface area is 244 Å². The maximum Gasteiger partial charge on any atom is 0.243 e. The van der Waals surface area contributed by atoms with Gasteiger partial charge in [0.25, 0.3) is 0 Å². The predicted octanol–water partition coefficient (Wildman–Crippen LogP) is 4.63. The number of nitrogens with one attached hydrogen (secondary N) is 3. The van der Waals surface area contributed by atoms with Crippen molar-refractivity contribution in [1.29, 1.82) is 0 Å². The zero-order valence-electron chi connectivity index (χ0n) is 25.2. The van der Waals surface area contributed by atoms with Crippen molar-refractivity contribution < 1.29 is 14.4 Å². The van der Waals surface area contributed by atoms with Gasteiger partial charge in [0.1, 0.15) is 6.04 Å². The Hall–Kier alpha value is -2.52.